The summed E-state index contributed by atoms with van der Waals surface area (Å²) in [5.41, 5.74) is -2.41. The van der Waals surface area contributed by atoms with Gasteiger partial charge in [0.2, 0.25) is 17.7 Å². The lowest BCUT2D eigenvalue weighted by molar-refractivity contribution is -0.160. The van der Waals surface area contributed by atoms with E-state index < -0.39 is 40.7 Å². The van der Waals surface area contributed by atoms with Crippen LogP contribution >= 0.6 is 0 Å². The Hall–Kier alpha value is -2.19. The smallest absolute Gasteiger partial charge is 0.249 e. The van der Waals surface area contributed by atoms with E-state index in [9.17, 15) is 19.5 Å². The lowest BCUT2D eigenvalue weighted by atomic mass is 9.64. The summed E-state index contributed by atoms with van der Waals surface area (Å²) in [7, 11) is 1.71. The molecule has 196 valence electrons. The Bertz CT molecular complexity index is 879. The SMILES string of the molecule is C=CCN(C)C(=O)[C@@H]1[C@H]2C(=O)N([C@@H](CC)CO)C(C(=O)N(CC=C)C(C)(C)C)C23CC[C@@]1(CC)O3. The summed E-state index contributed by atoms with van der Waals surface area (Å²) in [5, 5.41) is 10.2. The molecule has 8 nitrogen and oxygen atoms in total. The van der Waals surface area contributed by atoms with Gasteiger partial charge in [0.15, 0.2) is 0 Å². The van der Waals surface area contributed by atoms with Gasteiger partial charge in [0.1, 0.15) is 11.6 Å². The highest BCUT2D eigenvalue weighted by Crippen LogP contribution is 2.65. The van der Waals surface area contributed by atoms with Crippen molar-refractivity contribution in [3.05, 3.63) is 25.3 Å². The molecule has 8 heteroatoms. The first kappa shape index (κ1) is 27.4. The van der Waals surface area contributed by atoms with Crippen molar-refractivity contribution in [2.75, 3.05) is 26.7 Å². The van der Waals surface area contributed by atoms with E-state index in [0.717, 1.165) is 0 Å². The van der Waals surface area contributed by atoms with Gasteiger partial charge >= 0.3 is 0 Å². The highest BCUT2D eigenvalue weighted by molar-refractivity contribution is 5.99. The number of aliphatic hydroxyl groups excluding tert-OH is 1. The highest BCUT2D eigenvalue weighted by Gasteiger charge is 2.79. The number of aliphatic hydroxyl groups is 1. The van der Waals surface area contributed by atoms with Gasteiger partial charge in [0.25, 0.3) is 0 Å². The fraction of sp³-hybridized carbons (Fsp3) is 0.741. The second-order valence-corrected chi connectivity index (χ2v) is 11.2. The maximum absolute atomic E-state index is 14.3. The lowest BCUT2D eigenvalue weighted by Crippen LogP contribution is -2.61. The van der Waals surface area contributed by atoms with Crippen molar-refractivity contribution in [3.8, 4) is 0 Å². The van der Waals surface area contributed by atoms with E-state index in [-0.39, 0.29) is 24.3 Å². The molecule has 0 aromatic rings. The van der Waals surface area contributed by atoms with Crippen LogP contribution in [0.4, 0.5) is 0 Å². The van der Waals surface area contributed by atoms with Crippen LogP contribution in [0.25, 0.3) is 0 Å². The number of ether oxygens (including phenoxy) is 1. The molecule has 0 saturated carbocycles. The zero-order chi connectivity index (χ0) is 26.3. The van der Waals surface area contributed by atoms with E-state index in [1.165, 1.54) is 0 Å². The normalized spacial score (nSPS) is 32.4. The van der Waals surface area contributed by atoms with E-state index >= 15 is 0 Å². The van der Waals surface area contributed by atoms with Gasteiger partial charge in [0.05, 0.1) is 30.1 Å². The number of hydrogen-bond acceptors (Lipinski definition) is 5. The summed E-state index contributed by atoms with van der Waals surface area (Å²) < 4.78 is 6.81. The summed E-state index contributed by atoms with van der Waals surface area (Å²) in [6, 6.07) is -1.45. The molecule has 3 fully saturated rings. The monoisotopic (exact) mass is 489 g/mol. The van der Waals surface area contributed by atoms with Gasteiger partial charge in [-0.05, 0) is 46.5 Å². The molecule has 3 aliphatic rings. The molecule has 3 amide bonds. The molecule has 0 aromatic heterocycles. The molecule has 35 heavy (non-hydrogen) atoms. The van der Waals surface area contributed by atoms with Crippen molar-refractivity contribution in [2.45, 2.75) is 89.1 Å². The predicted octanol–water partition coefficient (Wildman–Crippen LogP) is 2.37. The molecule has 0 radical (unpaired) electrons. The number of fused-ring (bicyclic) bond motifs is 1. The van der Waals surface area contributed by atoms with Crippen LogP contribution in [0.1, 0.15) is 60.3 Å². The Balaban J connectivity index is 2.19. The second kappa shape index (κ2) is 9.69. The molecule has 0 aromatic carbocycles. The van der Waals surface area contributed by atoms with Gasteiger partial charge in [-0.15, -0.1) is 13.2 Å². The molecule has 3 aliphatic heterocycles. The standard InChI is InChI=1S/C27H43N3O5/c1-9-15-28(8)22(32)19-20-23(33)30(18(11-3)17-31)21(24(34)29(16-10-2)25(5,6)7)27(20)14-13-26(19,12-4)35-27/h9-10,18-21,31H,1-2,11-17H2,3-8H3/t18-,19-,20-,21?,26+,27?/m0/s1. The van der Waals surface area contributed by atoms with Crippen LogP contribution in [0.3, 0.4) is 0 Å². The van der Waals surface area contributed by atoms with E-state index in [1.807, 2.05) is 34.6 Å². The van der Waals surface area contributed by atoms with Crippen LogP contribution in [0, 0.1) is 11.8 Å². The average molecular weight is 490 g/mol. The van der Waals surface area contributed by atoms with Gasteiger partial charge in [-0.25, -0.2) is 0 Å². The zero-order valence-corrected chi connectivity index (χ0v) is 22.2. The summed E-state index contributed by atoms with van der Waals surface area (Å²) in [6.07, 6.45) is 5.53. The fourth-order valence-corrected chi connectivity index (χ4v) is 6.61. The van der Waals surface area contributed by atoms with E-state index in [1.54, 1.807) is 33.9 Å². The zero-order valence-electron chi connectivity index (χ0n) is 22.2. The minimum atomic E-state index is -1.10. The van der Waals surface area contributed by atoms with Crippen molar-refractivity contribution < 1.29 is 24.2 Å². The van der Waals surface area contributed by atoms with Crippen LogP contribution < -0.4 is 0 Å². The first-order valence-corrected chi connectivity index (χ1v) is 12.8. The Morgan fingerprint density at radius 2 is 1.83 bits per heavy atom. The van der Waals surface area contributed by atoms with E-state index in [0.29, 0.717) is 38.8 Å². The van der Waals surface area contributed by atoms with Crippen LogP contribution in [0.2, 0.25) is 0 Å². The molecule has 1 N–H and O–H groups in total. The van der Waals surface area contributed by atoms with Crippen molar-refractivity contribution in [2.24, 2.45) is 11.8 Å². The molecular formula is C27H43N3O5. The molecular weight excluding hydrogens is 446 g/mol. The van der Waals surface area contributed by atoms with Crippen molar-refractivity contribution >= 4 is 17.7 Å². The van der Waals surface area contributed by atoms with E-state index in [2.05, 4.69) is 13.2 Å². The summed E-state index contributed by atoms with van der Waals surface area (Å²) in [6.45, 7) is 17.7. The minimum Gasteiger partial charge on any atom is -0.394 e. The van der Waals surface area contributed by atoms with Crippen LogP contribution in [0.5, 0.6) is 0 Å². The summed E-state index contributed by atoms with van der Waals surface area (Å²) in [4.78, 5) is 47.1. The largest absolute Gasteiger partial charge is 0.394 e. The van der Waals surface area contributed by atoms with Crippen molar-refractivity contribution in [3.63, 3.8) is 0 Å². The molecule has 3 heterocycles. The molecule has 3 saturated heterocycles. The maximum Gasteiger partial charge on any atom is 0.249 e. The van der Waals surface area contributed by atoms with Crippen LogP contribution in [-0.4, -0.2) is 93.1 Å². The summed E-state index contributed by atoms with van der Waals surface area (Å²) >= 11 is 0. The van der Waals surface area contributed by atoms with Crippen LogP contribution in [0.15, 0.2) is 25.3 Å². The Morgan fingerprint density at radius 3 is 2.31 bits per heavy atom. The molecule has 0 aliphatic carbocycles. The molecule has 1 spiro atoms. The molecule has 2 bridgehead atoms. The van der Waals surface area contributed by atoms with Gasteiger partial charge in [-0.2, -0.15) is 0 Å². The molecule has 2 unspecified atom stereocenters. The first-order valence-electron chi connectivity index (χ1n) is 12.8. The number of carbonyl (C=O) groups is 3. The number of rotatable bonds is 10. The van der Waals surface area contributed by atoms with Gasteiger partial charge in [-0.1, -0.05) is 26.0 Å². The maximum atomic E-state index is 14.3. The quantitative estimate of drug-likeness (QED) is 0.476. The Kier molecular flexibility index (Phi) is 7.59. The second-order valence-electron chi connectivity index (χ2n) is 11.2. The topological polar surface area (TPSA) is 90.4 Å². The number of likely N-dealkylation sites (N-methyl/N-ethyl adjacent to an activating group) is 1. The third kappa shape index (κ3) is 4.02. The van der Waals surface area contributed by atoms with Crippen LogP contribution in [-0.2, 0) is 19.1 Å². The Morgan fingerprint density at radius 1 is 1.20 bits per heavy atom. The summed E-state index contributed by atoms with van der Waals surface area (Å²) in [5.74, 6) is -2.10. The van der Waals surface area contributed by atoms with Gasteiger partial charge in [-0.3, -0.25) is 14.4 Å². The third-order valence-electron chi connectivity index (χ3n) is 8.36. The predicted molar refractivity (Wildman–Crippen MR) is 134 cm³/mol. The Labute approximate surface area is 210 Å². The number of amides is 3. The number of likely N-dealkylation sites (tertiary alicyclic amines) is 1. The fourth-order valence-electron chi connectivity index (χ4n) is 6.61. The van der Waals surface area contributed by atoms with Gasteiger partial charge in [0, 0.05) is 25.7 Å². The lowest BCUT2D eigenvalue weighted by Gasteiger charge is -2.43. The minimum absolute atomic E-state index is 0.157. The average Bonchev–Trinajstić information content (AvgIpc) is 3.41. The first-order chi connectivity index (χ1) is 16.4. The van der Waals surface area contributed by atoms with E-state index in [4.69, 9.17) is 4.74 Å². The number of carbonyl (C=O) groups excluding carboxylic acids is 3. The van der Waals surface area contributed by atoms with Crippen molar-refractivity contribution in [1.29, 1.82) is 0 Å². The van der Waals surface area contributed by atoms with Gasteiger partial charge < -0.3 is 24.5 Å². The van der Waals surface area contributed by atoms with Crippen molar-refractivity contribution in [1.82, 2.24) is 14.7 Å². The number of hydrogen-bond donors (Lipinski definition) is 1. The molecule has 6 atom stereocenters. The third-order valence-corrected chi connectivity index (χ3v) is 8.36. The highest BCUT2D eigenvalue weighted by atomic mass is 16.5. The number of nitrogens with zero attached hydrogens (tertiary/aromatic N) is 3. The molecule has 3 rings (SSSR count).